The first-order valence-corrected chi connectivity index (χ1v) is 24.4. The van der Waals surface area contributed by atoms with Gasteiger partial charge in [0, 0.05) is 27.8 Å². The summed E-state index contributed by atoms with van der Waals surface area (Å²) in [5.74, 6) is 0. The fourth-order valence-corrected chi connectivity index (χ4v) is 13.3. The Hall–Kier alpha value is -8.20. The minimum atomic E-state index is -0.564. The van der Waals surface area contributed by atoms with Crippen molar-refractivity contribution in [2.45, 2.75) is 43.9 Å². The fraction of sp³-hybridized carbons (Fsp3) is 0.104. The first kappa shape index (κ1) is 39.9. The smallest absolute Gasteiger partial charge is 0.0754 e. The van der Waals surface area contributed by atoms with Gasteiger partial charge in [-0.05, 0) is 138 Å². The van der Waals surface area contributed by atoms with Crippen molar-refractivity contribution >= 4 is 34.1 Å². The van der Waals surface area contributed by atoms with Crippen LogP contribution in [-0.4, -0.2) is 0 Å². The predicted molar refractivity (Wildman–Crippen MR) is 287 cm³/mol. The molecule has 0 atom stereocenters. The highest BCUT2D eigenvalue weighted by molar-refractivity contribution is 5.99. The molecule has 1 heterocycles. The van der Waals surface area contributed by atoms with E-state index in [4.69, 9.17) is 0 Å². The lowest BCUT2D eigenvalue weighted by Gasteiger charge is -2.45. The molecule has 10 aromatic carbocycles. The number of anilines is 6. The summed E-state index contributed by atoms with van der Waals surface area (Å²) in [7, 11) is 0. The monoisotopic (exact) mass is 882 g/mol. The molecule has 0 radical (unpaired) electrons. The molecule has 3 aliphatic carbocycles. The van der Waals surface area contributed by atoms with E-state index in [9.17, 15) is 0 Å². The Kier molecular flexibility index (Phi) is 8.33. The molecule has 0 aromatic heterocycles. The van der Waals surface area contributed by atoms with Gasteiger partial charge in [0.15, 0.2) is 0 Å². The molecule has 14 rings (SSSR count). The van der Waals surface area contributed by atoms with Crippen molar-refractivity contribution in [3.05, 3.63) is 275 Å². The second-order valence-electron chi connectivity index (χ2n) is 20.4. The van der Waals surface area contributed by atoms with Gasteiger partial charge in [0.1, 0.15) is 0 Å². The second-order valence-corrected chi connectivity index (χ2v) is 20.4. The van der Waals surface area contributed by atoms with Crippen molar-refractivity contribution < 1.29 is 0 Å². The van der Waals surface area contributed by atoms with E-state index in [0.29, 0.717) is 0 Å². The lowest BCUT2D eigenvalue weighted by atomic mass is 9.64. The van der Waals surface area contributed by atoms with E-state index >= 15 is 0 Å². The van der Waals surface area contributed by atoms with Gasteiger partial charge in [-0.1, -0.05) is 204 Å². The molecule has 0 amide bonds. The minimum absolute atomic E-state index is 0.159. The maximum Gasteiger partial charge on any atom is 0.0754 e. The van der Waals surface area contributed by atoms with E-state index in [1.54, 1.807) is 0 Å². The number of hydrogen-bond donors (Lipinski definition) is 0. The largest absolute Gasteiger partial charge is 0.310 e. The molecule has 0 saturated carbocycles. The lowest BCUT2D eigenvalue weighted by molar-refractivity contribution is 0.658. The van der Waals surface area contributed by atoms with E-state index in [1.807, 2.05) is 0 Å². The highest BCUT2D eigenvalue weighted by Crippen LogP contribution is 2.64. The van der Waals surface area contributed by atoms with Crippen LogP contribution in [0.2, 0.25) is 0 Å². The number of para-hydroxylation sites is 4. The lowest BCUT2D eigenvalue weighted by Crippen LogP contribution is -2.36. The number of benzene rings is 10. The molecule has 2 nitrogen and oxygen atoms in total. The van der Waals surface area contributed by atoms with Crippen molar-refractivity contribution in [1.82, 2.24) is 0 Å². The summed E-state index contributed by atoms with van der Waals surface area (Å²) in [6.07, 6.45) is 0. The average Bonchev–Trinajstić information content (AvgIpc) is 3.91. The Balaban J connectivity index is 1.02. The Bertz CT molecular complexity index is 3710. The van der Waals surface area contributed by atoms with E-state index in [1.165, 1.54) is 106 Å². The summed E-state index contributed by atoms with van der Waals surface area (Å²) in [6, 6.07) is 86.8. The van der Waals surface area contributed by atoms with E-state index in [2.05, 4.69) is 268 Å². The zero-order valence-corrected chi connectivity index (χ0v) is 39.3. The Morgan fingerprint density at radius 3 is 1.49 bits per heavy atom. The Morgan fingerprint density at radius 2 is 0.797 bits per heavy atom. The third-order valence-electron chi connectivity index (χ3n) is 16.2. The van der Waals surface area contributed by atoms with Crippen molar-refractivity contribution in [3.63, 3.8) is 0 Å². The summed E-state index contributed by atoms with van der Waals surface area (Å²) in [5.41, 5.74) is 27.0. The minimum Gasteiger partial charge on any atom is -0.310 e. The van der Waals surface area contributed by atoms with Crippen LogP contribution in [-0.2, 0) is 16.2 Å². The van der Waals surface area contributed by atoms with Crippen molar-refractivity contribution in [2.24, 2.45) is 0 Å². The fourth-order valence-electron chi connectivity index (χ4n) is 13.3. The second kappa shape index (κ2) is 14.4. The summed E-state index contributed by atoms with van der Waals surface area (Å²) in [5, 5.41) is 0. The highest BCUT2D eigenvalue weighted by atomic mass is 15.2. The predicted octanol–water partition coefficient (Wildman–Crippen LogP) is 17.6. The van der Waals surface area contributed by atoms with Crippen LogP contribution < -0.4 is 9.80 Å². The zero-order chi connectivity index (χ0) is 46.2. The number of rotatable bonds is 5. The Labute approximate surface area is 405 Å². The molecule has 69 heavy (non-hydrogen) atoms. The first-order chi connectivity index (χ1) is 33.8. The SMILES string of the molecule is CC1(C)c2ccccc2-c2ccc(N(c3ccccc3-c3ccc4c(c3)C3(c5ccccc5-4)c4ccccc4N(c4ccccc4)c4ccccc43)c3cccc4c3C(C)(C)c3ccccc3-4)cc21. The van der Waals surface area contributed by atoms with Crippen LogP contribution in [0.5, 0.6) is 0 Å². The van der Waals surface area contributed by atoms with Gasteiger partial charge in [-0.3, -0.25) is 0 Å². The molecular weight excluding hydrogens is 833 g/mol. The van der Waals surface area contributed by atoms with Gasteiger partial charge in [0.25, 0.3) is 0 Å². The van der Waals surface area contributed by atoms with Crippen LogP contribution in [0, 0.1) is 0 Å². The molecule has 328 valence electrons. The van der Waals surface area contributed by atoms with Crippen molar-refractivity contribution in [3.8, 4) is 44.5 Å². The summed E-state index contributed by atoms with van der Waals surface area (Å²) in [6.45, 7) is 9.59. The van der Waals surface area contributed by atoms with Crippen LogP contribution in [0.3, 0.4) is 0 Å². The van der Waals surface area contributed by atoms with Crippen molar-refractivity contribution in [1.29, 1.82) is 0 Å². The molecule has 4 aliphatic rings. The molecule has 1 spiro atoms. The van der Waals surface area contributed by atoms with Gasteiger partial charge in [-0.15, -0.1) is 0 Å². The van der Waals surface area contributed by atoms with E-state index in [-0.39, 0.29) is 10.8 Å². The first-order valence-electron chi connectivity index (χ1n) is 24.4. The van der Waals surface area contributed by atoms with Crippen LogP contribution in [0.25, 0.3) is 44.5 Å². The maximum atomic E-state index is 2.59. The zero-order valence-electron chi connectivity index (χ0n) is 39.3. The third-order valence-corrected chi connectivity index (χ3v) is 16.2. The van der Waals surface area contributed by atoms with Crippen LogP contribution in [0.15, 0.2) is 231 Å². The maximum absolute atomic E-state index is 2.59. The van der Waals surface area contributed by atoms with Crippen LogP contribution in [0.4, 0.5) is 34.1 Å². The van der Waals surface area contributed by atoms with Crippen LogP contribution >= 0.6 is 0 Å². The van der Waals surface area contributed by atoms with Gasteiger partial charge >= 0.3 is 0 Å². The van der Waals surface area contributed by atoms with E-state index < -0.39 is 5.41 Å². The number of nitrogens with zero attached hydrogens (tertiary/aromatic N) is 2. The molecular formula is C67H50N2. The summed E-state index contributed by atoms with van der Waals surface area (Å²) < 4.78 is 0. The third kappa shape index (κ3) is 5.32. The van der Waals surface area contributed by atoms with Crippen molar-refractivity contribution in [2.75, 3.05) is 9.80 Å². The molecule has 0 fully saturated rings. The van der Waals surface area contributed by atoms with Gasteiger partial charge in [-0.25, -0.2) is 0 Å². The summed E-state index contributed by atoms with van der Waals surface area (Å²) >= 11 is 0. The molecule has 10 aromatic rings. The van der Waals surface area contributed by atoms with Gasteiger partial charge in [-0.2, -0.15) is 0 Å². The molecule has 2 heteroatoms. The molecule has 0 saturated heterocycles. The number of hydrogen-bond acceptors (Lipinski definition) is 2. The number of fused-ring (bicyclic) bond motifs is 15. The topological polar surface area (TPSA) is 6.48 Å². The molecule has 1 aliphatic heterocycles. The quantitative estimate of drug-likeness (QED) is 0.170. The Morgan fingerprint density at radius 1 is 0.319 bits per heavy atom. The van der Waals surface area contributed by atoms with Crippen LogP contribution in [0.1, 0.15) is 72.2 Å². The standard InChI is InChI=1S/C67H50N2/c1-65(2)53-28-12-8-24-47(53)50-40-38-45(42-58(50)65)69(63-36-20-27-52-49-26-9-13-29-54(49)66(3,4)64(52)63)60-33-17-11-23-46(60)43-37-39-51-48-25-10-14-30-55(48)67(59(51)41-43)56-31-15-18-34-61(56)68(44-21-6-5-7-22-44)62-35-19-16-32-57(62)67/h5-42H,1-4H3. The molecule has 0 N–H and O–H groups in total. The summed E-state index contributed by atoms with van der Waals surface area (Å²) in [4.78, 5) is 5.05. The molecule has 0 unspecified atom stereocenters. The van der Waals surface area contributed by atoms with Gasteiger partial charge < -0.3 is 9.80 Å². The van der Waals surface area contributed by atoms with Gasteiger partial charge in [0.05, 0.1) is 28.2 Å². The normalized spacial score (nSPS) is 15.3. The average molecular weight is 883 g/mol. The highest BCUT2D eigenvalue weighted by Gasteiger charge is 2.52. The van der Waals surface area contributed by atoms with E-state index in [0.717, 1.165) is 17.1 Å². The molecule has 0 bridgehead atoms. The van der Waals surface area contributed by atoms with Gasteiger partial charge in [0.2, 0.25) is 0 Å².